The lowest BCUT2D eigenvalue weighted by molar-refractivity contribution is -0.0512. The molecule has 0 spiro atoms. The average Bonchev–Trinajstić information content (AvgIpc) is 2.73. The number of halogens is 3. The van der Waals surface area contributed by atoms with Crippen LogP contribution in [-0.4, -0.2) is 45.5 Å². The van der Waals surface area contributed by atoms with Crippen molar-refractivity contribution in [2.45, 2.75) is 32.0 Å². The molecule has 2 aromatic rings. The molecule has 0 aliphatic rings. The second-order valence-corrected chi connectivity index (χ2v) is 8.49. The lowest BCUT2D eigenvalue weighted by Crippen LogP contribution is -2.31. The van der Waals surface area contributed by atoms with Gasteiger partial charge in [-0.1, -0.05) is 31.5 Å². The van der Waals surface area contributed by atoms with E-state index in [1.54, 1.807) is 13.8 Å². The summed E-state index contributed by atoms with van der Waals surface area (Å²) in [6, 6.07) is 7.93. The standard InChI is InChI=1S/C20H22ClF2NO6S/c1-4-24(5-2)31(26,27)18-11-14(7-8-15(18)21)19(25)29-12-13-6-9-16(30-20(22)23)17(10-13)28-3/h6-11,20H,4-5,12H2,1-3H3. The number of hydrogen-bond donors (Lipinski definition) is 0. The fourth-order valence-electron chi connectivity index (χ4n) is 2.76. The van der Waals surface area contributed by atoms with Crippen molar-refractivity contribution in [3.8, 4) is 11.5 Å². The van der Waals surface area contributed by atoms with E-state index < -0.39 is 22.6 Å². The van der Waals surface area contributed by atoms with Crippen molar-refractivity contribution >= 4 is 27.6 Å². The topological polar surface area (TPSA) is 82.1 Å². The van der Waals surface area contributed by atoms with Crippen molar-refractivity contribution in [2.24, 2.45) is 0 Å². The zero-order valence-corrected chi connectivity index (χ0v) is 18.7. The molecule has 2 rings (SSSR count). The van der Waals surface area contributed by atoms with Crippen LogP contribution in [0.5, 0.6) is 11.5 Å². The van der Waals surface area contributed by atoms with E-state index in [0.717, 1.165) is 0 Å². The minimum absolute atomic E-state index is 0.000232. The molecule has 0 fully saturated rings. The maximum Gasteiger partial charge on any atom is 0.387 e. The third kappa shape index (κ3) is 6.05. The van der Waals surface area contributed by atoms with Crippen LogP contribution in [0.4, 0.5) is 8.78 Å². The molecule has 0 unspecified atom stereocenters. The Kier molecular flexibility index (Phi) is 8.60. The van der Waals surface area contributed by atoms with Crippen LogP contribution < -0.4 is 9.47 Å². The second kappa shape index (κ2) is 10.7. The lowest BCUT2D eigenvalue weighted by Gasteiger charge is -2.19. The van der Waals surface area contributed by atoms with E-state index in [9.17, 15) is 22.0 Å². The van der Waals surface area contributed by atoms with Gasteiger partial charge < -0.3 is 14.2 Å². The van der Waals surface area contributed by atoms with Gasteiger partial charge in [-0.05, 0) is 35.9 Å². The molecule has 0 radical (unpaired) electrons. The number of carbonyl (C=O) groups is 1. The van der Waals surface area contributed by atoms with E-state index in [2.05, 4.69) is 4.74 Å². The molecule has 0 amide bonds. The summed E-state index contributed by atoms with van der Waals surface area (Å²) >= 11 is 6.06. The van der Waals surface area contributed by atoms with Gasteiger partial charge in [0.2, 0.25) is 10.0 Å². The second-order valence-electron chi connectivity index (χ2n) is 6.17. The van der Waals surface area contributed by atoms with Crippen molar-refractivity contribution in [3.05, 3.63) is 52.5 Å². The van der Waals surface area contributed by atoms with E-state index in [1.165, 1.54) is 47.8 Å². The van der Waals surface area contributed by atoms with Crippen LogP contribution in [0.2, 0.25) is 5.02 Å². The smallest absolute Gasteiger partial charge is 0.387 e. The Morgan fingerprint density at radius 1 is 1.10 bits per heavy atom. The molecule has 170 valence electrons. The average molecular weight is 478 g/mol. The molecular formula is C20H22ClF2NO6S. The fraction of sp³-hybridized carbons (Fsp3) is 0.350. The number of nitrogens with zero attached hydrogens (tertiary/aromatic N) is 1. The molecule has 0 saturated heterocycles. The van der Waals surface area contributed by atoms with Gasteiger partial charge in [0.15, 0.2) is 11.5 Å². The molecule has 0 aliphatic heterocycles. The van der Waals surface area contributed by atoms with Gasteiger partial charge in [0.1, 0.15) is 11.5 Å². The lowest BCUT2D eigenvalue weighted by atomic mass is 10.2. The minimum Gasteiger partial charge on any atom is -0.493 e. The van der Waals surface area contributed by atoms with Gasteiger partial charge in [-0.2, -0.15) is 13.1 Å². The van der Waals surface area contributed by atoms with Crippen LogP contribution in [-0.2, 0) is 21.4 Å². The van der Waals surface area contributed by atoms with Crippen molar-refractivity contribution in [2.75, 3.05) is 20.2 Å². The van der Waals surface area contributed by atoms with Gasteiger partial charge in [-0.25, -0.2) is 13.2 Å². The van der Waals surface area contributed by atoms with Crippen LogP contribution in [0.25, 0.3) is 0 Å². The van der Waals surface area contributed by atoms with E-state index in [1.807, 2.05) is 0 Å². The number of rotatable bonds is 10. The van der Waals surface area contributed by atoms with Crippen molar-refractivity contribution in [3.63, 3.8) is 0 Å². The Bertz CT molecular complexity index is 1030. The quantitative estimate of drug-likeness (QED) is 0.473. The predicted octanol–water partition coefficient (Wildman–Crippen LogP) is 4.34. The van der Waals surface area contributed by atoms with Crippen LogP contribution in [0.3, 0.4) is 0 Å². The van der Waals surface area contributed by atoms with Gasteiger partial charge in [0.05, 0.1) is 17.7 Å². The molecule has 31 heavy (non-hydrogen) atoms. The minimum atomic E-state index is -3.88. The Morgan fingerprint density at radius 2 is 1.77 bits per heavy atom. The Balaban J connectivity index is 2.20. The monoisotopic (exact) mass is 477 g/mol. The molecule has 0 bridgehead atoms. The fourth-order valence-corrected chi connectivity index (χ4v) is 4.72. The highest BCUT2D eigenvalue weighted by Crippen LogP contribution is 2.30. The number of benzene rings is 2. The van der Waals surface area contributed by atoms with Crippen LogP contribution in [0.1, 0.15) is 29.8 Å². The predicted molar refractivity (Wildman–Crippen MR) is 110 cm³/mol. The molecule has 0 saturated carbocycles. The van der Waals surface area contributed by atoms with E-state index >= 15 is 0 Å². The number of methoxy groups -OCH3 is 1. The first-order chi connectivity index (χ1) is 14.6. The highest BCUT2D eigenvalue weighted by atomic mass is 35.5. The summed E-state index contributed by atoms with van der Waals surface area (Å²) in [5.41, 5.74) is 0.455. The summed E-state index contributed by atoms with van der Waals surface area (Å²) in [6.45, 7) is 0.667. The molecule has 11 heteroatoms. The SMILES string of the molecule is CCN(CC)S(=O)(=O)c1cc(C(=O)OCc2ccc(OC(F)F)c(OC)c2)ccc1Cl. The first kappa shape index (κ1) is 24.8. The van der Waals surface area contributed by atoms with Crippen LogP contribution in [0, 0.1) is 0 Å². The summed E-state index contributed by atoms with van der Waals surface area (Å²) in [7, 11) is -2.59. The van der Waals surface area contributed by atoms with Crippen LogP contribution >= 0.6 is 11.6 Å². The largest absolute Gasteiger partial charge is 0.493 e. The molecule has 0 aromatic heterocycles. The maximum absolute atomic E-state index is 12.8. The number of alkyl halides is 2. The summed E-state index contributed by atoms with van der Waals surface area (Å²) in [5.74, 6) is -0.885. The van der Waals surface area contributed by atoms with Crippen molar-refractivity contribution < 1.29 is 36.2 Å². The van der Waals surface area contributed by atoms with Gasteiger partial charge in [0, 0.05) is 13.1 Å². The number of sulfonamides is 1. The normalized spacial score (nSPS) is 11.6. The molecular weight excluding hydrogens is 456 g/mol. The van der Waals surface area contributed by atoms with E-state index in [0.29, 0.717) is 5.56 Å². The molecule has 0 atom stereocenters. The van der Waals surface area contributed by atoms with Gasteiger partial charge in [-0.15, -0.1) is 0 Å². The molecule has 7 nitrogen and oxygen atoms in total. The first-order valence-electron chi connectivity index (χ1n) is 9.22. The summed E-state index contributed by atoms with van der Waals surface area (Å²) in [6.07, 6.45) is 0. The highest BCUT2D eigenvalue weighted by molar-refractivity contribution is 7.89. The highest BCUT2D eigenvalue weighted by Gasteiger charge is 2.26. The number of esters is 1. The molecule has 2 aromatic carbocycles. The third-order valence-corrected chi connectivity index (χ3v) is 6.84. The van der Waals surface area contributed by atoms with Gasteiger partial charge in [0.25, 0.3) is 0 Å². The van der Waals surface area contributed by atoms with Gasteiger partial charge in [-0.3, -0.25) is 0 Å². The molecule has 0 aliphatic carbocycles. The summed E-state index contributed by atoms with van der Waals surface area (Å²) < 4.78 is 66.1. The summed E-state index contributed by atoms with van der Waals surface area (Å²) in [4.78, 5) is 12.3. The third-order valence-electron chi connectivity index (χ3n) is 4.30. The first-order valence-corrected chi connectivity index (χ1v) is 11.0. The maximum atomic E-state index is 12.8. The molecule has 0 N–H and O–H groups in total. The Morgan fingerprint density at radius 3 is 2.35 bits per heavy atom. The Labute approximate surface area is 184 Å². The molecule has 0 heterocycles. The van der Waals surface area contributed by atoms with E-state index in [4.69, 9.17) is 21.1 Å². The van der Waals surface area contributed by atoms with E-state index in [-0.39, 0.29) is 46.7 Å². The zero-order valence-electron chi connectivity index (χ0n) is 17.1. The van der Waals surface area contributed by atoms with Crippen molar-refractivity contribution in [1.29, 1.82) is 0 Å². The number of ether oxygens (including phenoxy) is 3. The van der Waals surface area contributed by atoms with Crippen molar-refractivity contribution in [1.82, 2.24) is 4.31 Å². The summed E-state index contributed by atoms with van der Waals surface area (Å²) in [5, 5.41) is -0.0113. The van der Waals surface area contributed by atoms with Crippen LogP contribution in [0.15, 0.2) is 41.3 Å². The Hall–Kier alpha value is -2.43. The zero-order chi connectivity index (χ0) is 23.2. The number of carbonyl (C=O) groups excluding carboxylic acids is 1. The van der Waals surface area contributed by atoms with Gasteiger partial charge >= 0.3 is 12.6 Å². The number of hydrogen-bond acceptors (Lipinski definition) is 6.